The van der Waals surface area contributed by atoms with Crippen LogP contribution in [0.15, 0.2) is 18.2 Å². The molecular weight excluding hydrogens is 292 g/mol. The average Bonchev–Trinajstić information content (AvgIpc) is 2.41. The van der Waals surface area contributed by atoms with Crippen LogP contribution in [-0.2, 0) is 9.59 Å². The van der Waals surface area contributed by atoms with Crippen LogP contribution in [0.1, 0.15) is 25.8 Å². The van der Waals surface area contributed by atoms with Gasteiger partial charge < -0.3 is 15.7 Å². The Morgan fingerprint density at radius 1 is 1.29 bits per heavy atom. The Bertz CT molecular complexity index is 530. The molecule has 0 radical (unpaired) electrons. The van der Waals surface area contributed by atoms with Gasteiger partial charge in [-0.1, -0.05) is 37.6 Å². The lowest BCUT2D eigenvalue weighted by atomic mass is 9.90. The van der Waals surface area contributed by atoms with Gasteiger partial charge in [0, 0.05) is 13.2 Å². The van der Waals surface area contributed by atoms with Gasteiger partial charge in [0.25, 0.3) is 0 Å². The number of carbonyl (C=O) groups excluding carboxylic acids is 2. The molecule has 1 aromatic rings. The molecule has 2 amide bonds. The molecule has 116 valence electrons. The van der Waals surface area contributed by atoms with Crippen molar-refractivity contribution in [2.24, 2.45) is 5.41 Å². The molecule has 0 aliphatic carbocycles. The molecule has 0 unspecified atom stereocenters. The molecule has 0 saturated heterocycles. The Labute approximate surface area is 129 Å². The van der Waals surface area contributed by atoms with Gasteiger partial charge in [0.15, 0.2) is 0 Å². The summed E-state index contributed by atoms with van der Waals surface area (Å²) in [7, 11) is 0. The summed E-state index contributed by atoms with van der Waals surface area (Å²) in [5, 5.41) is 14.4. The number of rotatable bonds is 5. The van der Waals surface area contributed by atoms with E-state index in [-0.39, 0.29) is 12.0 Å². The molecule has 0 spiro atoms. The van der Waals surface area contributed by atoms with Gasteiger partial charge in [-0.25, -0.2) is 0 Å². The lowest BCUT2D eigenvalue weighted by Crippen LogP contribution is -2.40. The van der Waals surface area contributed by atoms with E-state index in [0.29, 0.717) is 23.7 Å². The van der Waals surface area contributed by atoms with Crippen molar-refractivity contribution in [1.29, 1.82) is 0 Å². The fraction of sp³-hybridized carbons (Fsp3) is 0.467. The summed E-state index contributed by atoms with van der Waals surface area (Å²) in [5.74, 6) is -1.49. The van der Waals surface area contributed by atoms with Crippen molar-refractivity contribution in [3.63, 3.8) is 0 Å². The summed E-state index contributed by atoms with van der Waals surface area (Å²) in [6, 6.07) is 5.20. The maximum atomic E-state index is 11.8. The van der Waals surface area contributed by atoms with Crippen molar-refractivity contribution in [2.45, 2.75) is 27.2 Å². The van der Waals surface area contributed by atoms with Gasteiger partial charge in [0.2, 0.25) is 0 Å². The van der Waals surface area contributed by atoms with Crippen LogP contribution in [-0.4, -0.2) is 30.1 Å². The van der Waals surface area contributed by atoms with E-state index in [1.54, 1.807) is 12.1 Å². The number of hydrogen-bond acceptors (Lipinski definition) is 3. The SMILES string of the molecule is Cc1cccc(NC(=O)C(=O)NCC(C)(C)CCO)c1Cl. The molecule has 6 heteroatoms. The van der Waals surface area contributed by atoms with Gasteiger partial charge in [0.05, 0.1) is 10.7 Å². The maximum absolute atomic E-state index is 11.8. The largest absolute Gasteiger partial charge is 0.396 e. The van der Waals surface area contributed by atoms with Crippen molar-refractivity contribution >= 4 is 29.1 Å². The summed E-state index contributed by atoms with van der Waals surface area (Å²) < 4.78 is 0. The number of amides is 2. The van der Waals surface area contributed by atoms with Crippen LogP contribution in [0.2, 0.25) is 5.02 Å². The Morgan fingerprint density at radius 2 is 1.95 bits per heavy atom. The third kappa shape index (κ3) is 5.36. The van der Waals surface area contributed by atoms with E-state index in [1.807, 2.05) is 26.8 Å². The van der Waals surface area contributed by atoms with Gasteiger partial charge in [-0.05, 0) is 30.4 Å². The monoisotopic (exact) mass is 312 g/mol. The maximum Gasteiger partial charge on any atom is 0.313 e. The topological polar surface area (TPSA) is 78.4 Å². The van der Waals surface area contributed by atoms with Crippen LogP contribution >= 0.6 is 11.6 Å². The summed E-state index contributed by atoms with van der Waals surface area (Å²) in [5.41, 5.74) is 0.955. The van der Waals surface area contributed by atoms with E-state index < -0.39 is 11.8 Å². The van der Waals surface area contributed by atoms with Crippen molar-refractivity contribution in [2.75, 3.05) is 18.5 Å². The fourth-order valence-electron chi connectivity index (χ4n) is 1.71. The summed E-state index contributed by atoms with van der Waals surface area (Å²) in [4.78, 5) is 23.6. The molecular formula is C15H21ClN2O3. The summed E-state index contributed by atoms with van der Waals surface area (Å²) >= 11 is 6.06. The third-order valence-corrected chi connectivity index (χ3v) is 3.66. The number of halogens is 1. The molecule has 1 aromatic carbocycles. The molecule has 0 aromatic heterocycles. The Morgan fingerprint density at radius 3 is 2.57 bits per heavy atom. The highest BCUT2D eigenvalue weighted by Crippen LogP contribution is 2.25. The average molecular weight is 313 g/mol. The standard InChI is InChI=1S/C15H21ClN2O3/c1-10-5-4-6-11(12(10)16)18-14(21)13(20)17-9-15(2,3)7-8-19/h4-6,19H,7-9H2,1-3H3,(H,17,20)(H,18,21). The van der Waals surface area contributed by atoms with E-state index in [2.05, 4.69) is 10.6 Å². The smallest absolute Gasteiger partial charge is 0.313 e. The zero-order valence-corrected chi connectivity index (χ0v) is 13.3. The van der Waals surface area contributed by atoms with Crippen LogP contribution in [0.25, 0.3) is 0 Å². The number of benzene rings is 1. The van der Waals surface area contributed by atoms with Gasteiger partial charge >= 0.3 is 11.8 Å². The first-order valence-electron chi connectivity index (χ1n) is 6.72. The zero-order valence-electron chi connectivity index (χ0n) is 12.5. The highest BCUT2D eigenvalue weighted by Gasteiger charge is 2.21. The molecule has 0 bridgehead atoms. The van der Waals surface area contributed by atoms with Crippen molar-refractivity contribution in [3.05, 3.63) is 28.8 Å². The predicted molar refractivity (Wildman–Crippen MR) is 83.3 cm³/mol. The lowest BCUT2D eigenvalue weighted by Gasteiger charge is -2.23. The van der Waals surface area contributed by atoms with E-state index in [4.69, 9.17) is 16.7 Å². The second-order valence-electron chi connectivity index (χ2n) is 5.71. The first-order chi connectivity index (χ1) is 9.76. The highest BCUT2D eigenvalue weighted by atomic mass is 35.5. The molecule has 1 rings (SSSR count). The minimum Gasteiger partial charge on any atom is -0.396 e. The molecule has 0 saturated carbocycles. The third-order valence-electron chi connectivity index (χ3n) is 3.16. The van der Waals surface area contributed by atoms with Crippen molar-refractivity contribution in [3.8, 4) is 0 Å². The number of hydrogen-bond donors (Lipinski definition) is 3. The van der Waals surface area contributed by atoms with Gasteiger partial charge in [-0.15, -0.1) is 0 Å². The Balaban J connectivity index is 2.60. The van der Waals surface area contributed by atoms with Gasteiger partial charge in [-0.3, -0.25) is 9.59 Å². The van der Waals surface area contributed by atoms with Crippen LogP contribution in [0.5, 0.6) is 0 Å². The van der Waals surface area contributed by atoms with E-state index in [0.717, 1.165) is 5.56 Å². The molecule has 0 heterocycles. The highest BCUT2D eigenvalue weighted by molar-refractivity contribution is 6.41. The quantitative estimate of drug-likeness (QED) is 0.729. The molecule has 0 aliphatic heterocycles. The van der Waals surface area contributed by atoms with Gasteiger partial charge in [0.1, 0.15) is 0 Å². The predicted octanol–water partition coefficient (Wildman–Crippen LogP) is 2.11. The molecule has 5 nitrogen and oxygen atoms in total. The zero-order chi connectivity index (χ0) is 16.0. The molecule has 0 atom stereocenters. The number of aryl methyl sites for hydroxylation is 1. The number of anilines is 1. The molecule has 0 fully saturated rings. The molecule has 3 N–H and O–H groups in total. The Kier molecular flexibility index (Phi) is 6.18. The van der Waals surface area contributed by atoms with E-state index in [9.17, 15) is 9.59 Å². The van der Waals surface area contributed by atoms with Crippen LogP contribution in [0.4, 0.5) is 5.69 Å². The van der Waals surface area contributed by atoms with Crippen LogP contribution < -0.4 is 10.6 Å². The first-order valence-corrected chi connectivity index (χ1v) is 7.10. The fourth-order valence-corrected chi connectivity index (χ4v) is 1.89. The summed E-state index contributed by atoms with van der Waals surface area (Å²) in [6.45, 7) is 5.96. The first kappa shape index (κ1) is 17.5. The lowest BCUT2D eigenvalue weighted by molar-refractivity contribution is -0.136. The second kappa shape index (κ2) is 7.43. The number of carbonyl (C=O) groups is 2. The minimum atomic E-state index is -0.762. The number of aliphatic hydroxyl groups excluding tert-OH is 1. The van der Waals surface area contributed by atoms with E-state index in [1.165, 1.54) is 0 Å². The Hall–Kier alpha value is -1.59. The molecule has 21 heavy (non-hydrogen) atoms. The number of nitrogens with one attached hydrogen (secondary N) is 2. The van der Waals surface area contributed by atoms with Crippen molar-refractivity contribution < 1.29 is 14.7 Å². The van der Waals surface area contributed by atoms with Crippen molar-refractivity contribution in [1.82, 2.24) is 5.32 Å². The number of aliphatic hydroxyl groups is 1. The van der Waals surface area contributed by atoms with Crippen LogP contribution in [0.3, 0.4) is 0 Å². The van der Waals surface area contributed by atoms with Gasteiger partial charge in [-0.2, -0.15) is 0 Å². The van der Waals surface area contributed by atoms with E-state index >= 15 is 0 Å². The normalized spacial score (nSPS) is 11.1. The second-order valence-corrected chi connectivity index (χ2v) is 6.09. The minimum absolute atomic E-state index is 0.0357. The summed E-state index contributed by atoms with van der Waals surface area (Å²) in [6.07, 6.45) is 0.540. The van der Waals surface area contributed by atoms with Crippen LogP contribution in [0, 0.1) is 12.3 Å². The molecule has 0 aliphatic rings.